The number of ether oxygens (including phenoxy) is 1. The van der Waals surface area contributed by atoms with Gasteiger partial charge in [0.05, 0.1) is 18.8 Å². The molecular weight excluding hydrogens is 220 g/mol. The third-order valence-corrected chi connectivity index (χ3v) is 2.61. The Kier molecular flexibility index (Phi) is 4.52. The molecule has 0 amide bonds. The summed E-state index contributed by atoms with van der Waals surface area (Å²) in [5.41, 5.74) is 0.743. The molecular formula is C13H18O4. The first-order valence-electron chi connectivity index (χ1n) is 5.55. The van der Waals surface area contributed by atoms with E-state index >= 15 is 0 Å². The molecule has 0 saturated heterocycles. The Labute approximate surface area is 101 Å². The van der Waals surface area contributed by atoms with E-state index in [2.05, 4.69) is 0 Å². The average molecular weight is 238 g/mol. The Morgan fingerprint density at radius 2 is 2.29 bits per heavy atom. The zero-order valence-electron chi connectivity index (χ0n) is 10.6. The first-order chi connectivity index (χ1) is 7.99. The second-order valence-corrected chi connectivity index (χ2v) is 3.92. The highest BCUT2D eigenvalue weighted by atomic mass is 16.5. The summed E-state index contributed by atoms with van der Waals surface area (Å²) in [7, 11) is 1.51. The Bertz CT molecular complexity index is 471. The van der Waals surface area contributed by atoms with E-state index in [4.69, 9.17) is 9.15 Å². The van der Waals surface area contributed by atoms with Gasteiger partial charge < -0.3 is 14.3 Å². The zero-order valence-corrected chi connectivity index (χ0v) is 10.6. The van der Waals surface area contributed by atoms with Crippen LogP contribution in [0.1, 0.15) is 31.6 Å². The summed E-state index contributed by atoms with van der Waals surface area (Å²) in [6.45, 7) is 5.31. The molecule has 1 atom stereocenters. The minimum absolute atomic E-state index is 0.418. The van der Waals surface area contributed by atoms with Crippen LogP contribution in [0.2, 0.25) is 0 Å². The van der Waals surface area contributed by atoms with E-state index in [9.17, 15) is 9.90 Å². The van der Waals surface area contributed by atoms with Gasteiger partial charge in [-0.3, -0.25) is 0 Å². The molecule has 1 aromatic rings. The van der Waals surface area contributed by atoms with Crippen molar-refractivity contribution in [1.82, 2.24) is 0 Å². The zero-order chi connectivity index (χ0) is 13.0. The van der Waals surface area contributed by atoms with E-state index in [1.807, 2.05) is 6.92 Å². The van der Waals surface area contributed by atoms with Gasteiger partial charge in [-0.2, -0.15) is 0 Å². The van der Waals surface area contributed by atoms with Crippen LogP contribution < -0.4 is 10.4 Å². The number of aliphatic hydroxyl groups excluding tert-OH is 1. The molecule has 17 heavy (non-hydrogen) atoms. The molecule has 1 heterocycles. The first kappa shape index (κ1) is 13.5. The molecule has 0 fully saturated rings. The van der Waals surface area contributed by atoms with Crippen molar-refractivity contribution < 1.29 is 14.3 Å². The number of rotatable bonds is 4. The summed E-state index contributed by atoms with van der Waals surface area (Å²) in [5.74, 6) is 0.917. The Hall–Kier alpha value is -1.55. The lowest BCUT2D eigenvalue weighted by atomic mass is 10.1. The summed E-state index contributed by atoms with van der Waals surface area (Å²) in [6.07, 6.45) is 1.74. The van der Waals surface area contributed by atoms with Crippen LogP contribution in [0.4, 0.5) is 0 Å². The van der Waals surface area contributed by atoms with Gasteiger partial charge in [0.1, 0.15) is 11.5 Å². The number of aliphatic hydroxyl groups is 1. The fourth-order valence-corrected chi connectivity index (χ4v) is 1.43. The molecule has 0 radical (unpaired) electrons. The summed E-state index contributed by atoms with van der Waals surface area (Å²) in [6, 6.07) is 1.66. The van der Waals surface area contributed by atoms with Gasteiger partial charge in [-0.25, -0.2) is 4.79 Å². The van der Waals surface area contributed by atoms with E-state index in [1.54, 1.807) is 26.0 Å². The Morgan fingerprint density at radius 3 is 2.82 bits per heavy atom. The molecule has 1 N–H and O–H groups in total. The molecule has 1 rings (SSSR count). The highest BCUT2D eigenvalue weighted by Gasteiger charge is 2.10. The van der Waals surface area contributed by atoms with Gasteiger partial charge in [-0.15, -0.1) is 0 Å². The van der Waals surface area contributed by atoms with E-state index in [0.29, 0.717) is 23.5 Å². The van der Waals surface area contributed by atoms with E-state index in [-0.39, 0.29) is 0 Å². The molecule has 4 nitrogen and oxygen atoms in total. The lowest BCUT2D eigenvalue weighted by Gasteiger charge is -2.07. The lowest BCUT2D eigenvalue weighted by Crippen LogP contribution is -2.07. The minimum Gasteiger partial charge on any atom is -0.496 e. The molecule has 1 aromatic heterocycles. The van der Waals surface area contributed by atoms with Crippen LogP contribution in [0.25, 0.3) is 5.57 Å². The normalized spacial score (nSPS) is 13.6. The predicted molar refractivity (Wildman–Crippen MR) is 66.2 cm³/mol. The molecule has 0 aromatic carbocycles. The third-order valence-electron chi connectivity index (χ3n) is 2.61. The van der Waals surface area contributed by atoms with Crippen molar-refractivity contribution in [3.05, 3.63) is 33.9 Å². The van der Waals surface area contributed by atoms with Crippen molar-refractivity contribution in [2.45, 2.75) is 33.3 Å². The maximum absolute atomic E-state index is 11.5. The molecule has 0 bridgehead atoms. The van der Waals surface area contributed by atoms with Crippen molar-refractivity contribution in [1.29, 1.82) is 0 Å². The highest BCUT2D eigenvalue weighted by molar-refractivity contribution is 5.61. The molecule has 1 unspecified atom stereocenters. The fourth-order valence-electron chi connectivity index (χ4n) is 1.43. The van der Waals surface area contributed by atoms with Crippen LogP contribution in [0.5, 0.6) is 5.75 Å². The predicted octanol–water partition coefficient (Wildman–Crippen LogP) is 2.13. The summed E-state index contributed by atoms with van der Waals surface area (Å²) < 4.78 is 10.2. The van der Waals surface area contributed by atoms with Gasteiger partial charge in [0.15, 0.2) is 0 Å². The lowest BCUT2D eigenvalue weighted by molar-refractivity contribution is 0.219. The van der Waals surface area contributed by atoms with Gasteiger partial charge >= 0.3 is 5.63 Å². The van der Waals surface area contributed by atoms with Gasteiger partial charge in [0, 0.05) is 6.07 Å². The number of allylic oxidation sites excluding steroid dienone is 1. The Morgan fingerprint density at radius 1 is 1.65 bits per heavy atom. The fraction of sp³-hybridized carbons (Fsp3) is 0.462. The molecule has 0 aliphatic rings. The number of hydrogen-bond acceptors (Lipinski definition) is 4. The molecule has 0 aliphatic carbocycles. The minimum atomic E-state index is -0.535. The molecule has 4 heteroatoms. The van der Waals surface area contributed by atoms with Gasteiger partial charge in [0.25, 0.3) is 0 Å². The van der Waals surface area contributed by atoms with Crippen LogP contribution in [0, 0.1) is 6.92 Å². The smallest absolute Gasteiger partial charge is 0.342 e. The van der Waals surface area contributed by atoms with Crippen molar-refractivity contribution in [2.75, 3.05) is 7.11 Å². The standard InChI is InChI=1S/C13H18O4/c1-5-10(14)6-8(2)11-7-12(16-4)9(3)13(15)17-11/h6-7,10,14H,5H2,1-4H3/b8-6+. The Balaban J connectivity index is 3.20. The quantitative estimate of drug-likeness (QED) is 0.873. The second-order valence-electron chi connectivity index (χ2n) is 3.92. The van der Waals surface area contributed by atoms with Crippen molar-refractivity contribution in [3.63, 3.8) is 0 Å². The monoisotopic (exact) mass is 238 g/mol. The van der Waals surface area contributed by atoms with Crippen LogP contribution >= 0.6 is 0 Å². The number of methoxy groups -OCH3 is 1. The van der Waals surface area contributed by atoms with E-state index < -0.39 is 11.7 Å². The van der Waals surface area contributed by atoms with E-state index in [0.717, 1.165) is 5.57 Å². The highest BCUT2D eigenvalue weighted by Crippen LogP contribution is 2.21. The maximum atomic E-state index is 11.5. The SMILES string of the molecule is CCC(O)/C=C(\C)c1cc(OC)c(C)c(=O)o1. The van der Waals surface area contributed by atoms with Gasteiger partial charge in [-0.05, 0) is 31.9 Å². The number of hydrogen-bond donors (Lipinski definition) is 1. The van der Waals surface area contributed by atoms with Crippen molar-refractivity contribution in [2.24, 2.45) is 0 Å². The molecule has 94 valence electrons. The second kappa shape index (κ2) is 5.68. The van der Waals surface area contributed by atoms with Gasteiger partial charge in [-0.1, -0.05) is 6.92 Å². The van der Waals surface area contributed by atoms with Crippen LogP contribution in [0.3, 0.4) is 0 Å². The summed E-state index contributed by atoms with van der Waals surface area (Å²) >= 11 is 0. The summed E-state index contributed by atoms with van der Waals surface area (Å²) in [5, 5.41) is 9.51. The van der Waals surface area contributed by atoms with Crippen LogP contribution in [-0.4, -0.2) is 18.3 Å². The van der Waals surface area contributed by atoms with E-state index in [1.165, 1.54) is 7.11 Å². The molecule has 0 saturated carbocycles. The third kappa shape index (κ3) is 3.20. The largest absolute Gasteiger partial charge is 0.496 e. The van der Waals surface area contributed by atoms with Crippen molar-refractivity contribution >= 4 is 5.57 Å². The first-order valence-corrected chi connectivity index (χ1v) is 5.55. The average Bonchev–Trinajstić information content (AvgIpc) is 2.32. The van der Waals surface area contributed by atoms with Crippen LogP contribution in [0.15, 0.2) is 21.4 Å². The molecule has 0 aliphatic heterocycles. The summed E-state index contributed by atoms with van der Waals surface area (Å²) in [4.78, 5) is 11.5. The maximum Gasteiger partial charge on any atom is 0.342 e. The molecule has 0 spiro atoms. The van der Waals surface area contributed by atoms with Gasteiger partial charge in [0.2, 0.25) is 0 Å². The van der Waals surface area contributed by atoms with Crippen molar-refractivity contribution in [3.8, 4) is 5.75 Å². The topological polar surface area (TPSA) is 59.7 Å². The van der Waals surface area contributed by atoms with Crippen LogP contribution in [-0.2, 0) is 0 Å².